The van der Waals surface area contributed by atoms with Crippen LogP contribution < -0.4 is 9.47 Å². The molecule has 0 saturated heterocycles. The molecular weight excluding hydrogens is 472 g/mol. The molecule has 2 aliphatic carbocycles. The zero-order chi connectivity index (χ0) is 26.4. The third-order valence-corrected chi connectivity index (χ3v) is 8.61. The Labute approximate surface area is 230 Å². The number of hydrogen-bond donors (Lipinski definition) is 0. The van der Waals surface area contributed by atoms with Crippen molar-refractivity contribution in [1.29, 1.82) is 0 Å². The predicted octanol–water partition coefficient (Wildman–Crippen LogP) is 8.96. The van der Waals surface area contributed by atoms with Gasteiger partial charge in [0.15, 0.2) is 11.6 Å². The van der Waals surface area contributed by atoms with Crippen LogP contribution in [-0.2, 0) is 4.79 Å². The fraction of sp³-hybridized carbons (Fsp3) is 0.667. The zero-order valence-corrected chi connectivity index (χ0v) is 23.5. The minimum absolute atomic E-state index is 0.0322. The summed E-state index contributed by atoms with van der Waals surface area (Å²) in [5.41, 5.74) is 0.895. The second-order valence-corrected chi connectivity index (χ2v) is 11.6. The lowest BCUT2D eigenvalue weighted by atomic mass is 9.80. The van der Waals surface area contributed by atoms with Crippen molar-refractivity contribution in [2.75, 3.05) is 6.61 Å². The second kappa shape index (κ2) is 15.9. The van der Waals surface area contributed by atoms with E-state index in [1.165, 1.54) is 77.0 Å². The highest BCUT2D eigenvalue weighted by molar-refractivity contribution is 5.75. The summed E-state index contributed by atoms with van der Waals surface area (Å²) >= 11 is 0. The van der Waals surface area contributed by atoms with Crippen molar-refractivity contribution < 1.29 is 14.3 Å². The molecular formula is C33H48N2O3. The normalized spacial score (nSPS) is 19.9. The Morgan fingerprint density at radius 2 is 1.39 bits per heavy atom. The van der Waals surface area contributed by atoms with Crippen LogP contribution in [0.25, 0.3) is 11.4 Å². The van der Waals surface area contributed by atoms with Crippen LogP contribution in [0.4, 0.5) is 0 Å². The predicted molar refractivity (Wildman–Crippen MR) is 153 cm³/mol. The van der Waals surface area contributed by atoms with Gasteiger partial charge in [-0.1, -0.05) is 84.0 Å². The maximum Gasteiger partial charge on any atom is 0.314 e. The first-order valence-corrected chi connectivity index (χ1v) is 15.5. The molecule has 0 atom stereocenters. The minimum Gasteiger partial charge on any atom is -0.490 e. The average molecular weight is 521 g/mol. The molecule has 5 nitrogen and oxygen atoms in total. The first-order valence-electron chi connectivity index (χ1n) is 15.5. The summed E-state index contributed by atoms with van der Waals surface area (Å²) in [6.45, 7) is 2.97. The molecule has 0 amide bonds. The summed E-state index contributed by atoms with van der Waals surface area (Å²) in [5, 5.41) is 0. The molecule has 2 saturated carbocycles. The van der Waals surface area contributed by atoms with Gasteiger partial charge in [-0.2, -0.15) is 0 Å². The van der Waals surface area contributed by atoms with E-state index in [0.717, 1.165) is 49.5 Å². The van der Waals surface area contributed by atoms with E-state index in [1.807, 2.05) is 24.3 Å². The van der Waals surface area contributed by atoms with Gasteiger partial charge in [-0.05, 0) is 68.2 Å². The third-order valence-electron chi connectivity index (χ3n) is 8.61. The van der Waals surface area contributed by atoms with E-state index in [2.05, 4.69) is 16.9 Å². The Kier molecular flexibility index (Phi) is 11.9. The van der Waals surface area contributed by atoms with Gasteiger partial charge >= 0.3 is 5.97 Å². The molecule has 1 aromatic heterocycles. The van der Waals surface area contributed by atoms with E-state index in [9.17, 15) is 4.79 Å². The van der Waals surface area contributed by atoms with Gasteiger partial charge in [0.05, 0.1) is 24.9 Å². The Morgan fingerprint density at radius 3 is 2.05 bits per heavy atom. The molecule has 208 valence electrons. The zero-order valence-electron chi connectivity index (χ0n) is 23.5. The molecule has 5 heteroatoms. The number of ether oxygens (including phenoxy) is 2. The van der Waals surface area contributed by atoms with Crippen molar-refractivity contribution >= 4 is 5.97 Å². The Hall–Kier alpha value is -2.43. The van der Waals surface area contributed by atoms with Gasteiger partial charge < -0.3 is 9.47 Å². The molecule has 0 radical (unpaired) electrons. The highest BCUT2D eigenvalue weighted by Crippen LogP contribution is 2.33. The molecule has 0 N–H and O–H groups in total. The van der Waals surface area contributed by atoms with Crippen LogP contribution in [0.5, 0.6) is 11.5 Å². The lowest BCUT2D eigenvalue weighted by molar-refractivity contribution is -0.140. The van der Waals surface area contributed by atoms with Gasteiger partial charge in [0.2, 0.25) is 0 Å². The number of hydrogen-bond acceptors (Lipinski definition) is 5. The molecule has 1 heterocycles. The fourth-order valence-electron chi connectivity index (χ4n) is 6.16. The van der Waals surface area contributed by atoms with Crippen LogP contribution in [0.15, 0.2) is 36.7 Å². The van der Waals surface area contributed by atoms with Crippen LogP contribution in [0.3, 0.4) is 0 Å². The highest BCUT2D eigenvalue weighted by atomic mass is 16.5. The Morgan fingerprint density at radius 1 is 0.763 bits per heavy atom. The van der Waals surface area contributed by atoms with Crippen molar-refractivity contribution in [1.82, 2.24) is 9.97 Å². The molecule has 2 fully saturated rings. The summed E-state index contributed by atoms with van der Waals surface area (Å²) in [6.07, 6.45) is 25.1. The molecule has 0 aliphatic heterocycles. The number of benzene rings is 1. The highest BCUT2D eigenvalue weighted by Gasteiger charge is 2.27. The Balaban J connectivity index is 1.13. The first kappa shape index (κ1) is 28.6. The van der Waals surface area contributed by atoms with Crippen LogP contribution in [-0.4, -0.2) is 22.5 Å². The topological polar surface area (TPSA) is 61.3 Å². The summed E-state index contributed by atoms with van der Waals surface area (Å²) in [6, 6.07) is 7.50. The summed E-state index contributed by atoms with van der Waals surface area (Å²) in [5.74, 6) is 3.66. The van der Waals surface area contributed by atoms with Crippen LogP contribution in [0, 0.1) is 17.8 Å². The molecule has 1 aromatic carbocycles. The van der Waals surface area contributed by atoms with Crippen LogP contribution >= 0.6 is 0 Å². The van der Waals surface area contributed by atoms with Crippen molar-refractivity contribution in [3.63, 3.8) is 0 Å². The lowest BCUT2D eigenvalue weighted by Crippen LogP contribution is -2.25. The number of nitrogens with zero attached hydrogens (tertiary/aromatic N) is 2. The minimum atomic E-state index is -0.0847. The summed E-state index contributed by atoms with van der Waals surface area (Å²) in [7, 11) is 0. The van der Waals surface area contributed by atoms with E-state index < -0.39 is 0 Å². The first-order chi connectivity index (χ1) is 18.7. The molecule has 0 unspecified atom stereocenters. The number of carbonyl (C=O) groups is 1. The molecule has 0 spiro atoms. The van der Waals surface area contributed by atoms with Gasteiger partial charge in [0.1, 0.15) is 5.75 Å². The van der Waals surface area contributed by atoms with Crippen LogP contribution in [0.1, 0.15) is 116 Å². The molecule has 2 aromatic rings. The van der Waals surface area contributed by atoms with Gasteiger partial charge in [0.25, 0.3) is 0 Å². The quantitative estimate of drug-likeness (QED) is 0.133. The monoisotopic (exact) mass is 520 g/mol. The number of carbonyl (C=O) groups excluding carboxylic acids is 1. The summed E-state index contributed by atoms with van der Waals surface area (Å²) in [4.78, 5) is 21.7. The van der Waals surface area contributed by atoms with Crippen molar-refractivity contribution in [2.45, 2.75) is 116 Å². The number of esters is 1. The van der Waals surface area contributed by atoms with Crippen LogP contribution in [0.2, 0.25) is 0 Å². The third kappa shape index (κ3) is 9.39. The van der Waals surface area contributed by atoms with E-state index in [4.69, 9.17) is 9.47 Å². The van der Waals surface area contributed by atoms with Crippen molar-refractivity contribution in [3.05, 3.63) is 36.7 Å². The van der Waals surface area contributed by atoms with Gasteiger partial charge in [-0.3, -0.25) is 4.79 Å². The van der Waals surface area contributed by atoms with E-state index in [1.54, 1.807) is 12.4 Å². The van der Waals surface area contributed by atoms with Gasteiger partial charge in [0, 0.05) is 5.56 Å². The lowest BCUT2D eigenvalue weighted by Gasteiger charge is -2.27. The fourth-order valence-corrected chi connectivity index (χ4v) is 6.16. The molecule has 38 heavy (non-hydrogen) atoms. The van der Waals surface area contributed by atoms with Crippen molar-refractivity contribution in [2.24, 2.45) is 17.8 Å². The van der Waals surface area contributed by atoms with E-state index >= 15 is 0 Å². The van der Waals surface area contributed by atoms with E-state index in [-0.39, 0.29) is 11.9 Å². The van der Waals surface area contributed by atoms with Gasteiger partial charge in [-0.25, -0.2) is 9.97 Å². The second-order valence-electron chi connectivity index (χ2n) is 11.6. The number of unbranched alkanes of at least 4 members (excludes halogenated alkanes) is 5. The average Bonchev–Trinajstić information content (AvgIpc) is 3.48. The standard InChI is InChI=1S/C33H48N2O3/c1-2-3-4-6-12-27-15-17-29(18-16-27)33(36)38-30-21-19-28(20-22-30)32-34-24-31(25-35-32)37-23-10-5-7-11-26-13-8-9-14-26/h19-22,24-27,29H,2-18,23H2,1H3/t27-,29-. The maximum absolute atomic E-state index is 12.7. The van der Waals surface area contributed by atoms with E-state index in [0.29, 0.717) is 23.9 Å². The number of aromatic nitrogens is 2. The SMILES string of the molecule is CCCCCC[C@H]1CC[C@H](C(=O)Oc2ccc(-c3ncc(OCCCCCC4CCCC4)cn3)cc2)CC1. The molecule has 4 rings (SSSR count). The smallest absolute Gasteiger partial charge is 0.314 e. The Bertz CT molecular complexity index is 930. The van der Waals surface area contributed by atoms with Gasteiger partial charge in [-0.15, -0.1) is 0 Å². The molecule has 2 aliphatic rings. The molecule has 0 bridgehead atoms. The number of rotatable bonds is 15. The summed E-state index contributed by atoms with van der Waals surface area (Å²) < 4.78 is 11.6. The van der Waals surface area contributed by atoms with Crippen molar-refractivity contribution in [3.8, 4) is 22.9 Å². The largest absolute Gasteiger partial charge is 0.490 e. The maximum atomic E-state index is 12.7.